The van der Waals surface area contributed by atoms with Crippen molar-refractivity contribution in [1.82, 2.24) is 13.9 Å². The van der Waals surface area contributed by atoms with E-state index in [9.17, 15) is 17.6 Å². The van der Waals surface area contributed by atoms with Crippen molar-refractivity contribution < 1.29 is 26.7 Å². The molecule has 0 radical (unpaired) electrons. The van der Waals surface area contributed by atoms with E-state index in [0.29, 0.717) is 0 Å². The Bertz CT molecular complexity index is 1840. The Hall–Kier alpha value is -4.37. The van der Waals surface area contributed by atoms with E-state index < -0.39 is 33.7 Å². The standard InChI is InChI=1S/C31H31F2N5O4S/c1-5-42-27(39)16-26(31(3)12-6-7-13-31)36-29-24(33)15-25(34-4)28(37-29)23-18-38(30-22(23)14-20(32)17-35-30)43(40,41)21-10-8-19(2)9-11-21/h8-11,14-15,17-18,26H,5-7,12-13,16H2,1-3H3,(H,36,37). The number of nitrogens with zero attached hydrogens (tertiary/aromatic N) is 4. The van der Waals surface area contributed by atoms with Crippen LogP contribution in [0.2, 0.25) is 0 Å². The first-order valence-electron chi connectivity index (χ1n) is 14.0. The molecule has 12 heteroatoms. The topological polar surface area (TPSA) is 108 Å². The van der Waals surface area contributed by atoms with Crippen LogP contribution in [-0.4, -0.2) is 41.0 Å². The first kappa shape index (κ1) is 30.1. The zero-order valence-electron chi connectivity index (χ0n) is 24.0. The van der Waals surface area contributed by atoms with Crippen molar-refractivity contribution in [3.63, 3.8) is 0 Å². The van der Waals surface area contributed by atoms with Crippen LogP contribution >= 0.6 is 0 Å². The molecular formula is C31H31F2N5O4S. The minimum atomic E-state index is -4.19. The van der Waals surface area contributed by atoms with E-state index in [2.05, 4.69) is 20.1 Å². The largest absolute Gasteiger partial charge is 0.466 e. The molecule has 1 saturated carbocycles. The van der Waals surface area contributed by atoms with Gasteiger partial charge >= 0.3 is 5.97 Å². The van der Waals surface area contributed by atoms with E-state index in [1.54, 1.807) is 19.1 Å². The SMILES string of the molecule is [C-]#[N+]c1cc(F)c(NC(CC(=O)OCC)C2(C)CCCC2)nc1-c1cn(S(=O)(=O)c2ccc(C)cc2)c2ncc(F)cc12. The van der Waals surface area contributed by atoms with Crippen LogP contribution in [0.5, 0.6) is 0 Å². The Labute approximate surface area is 248 Å². The van der Waals surface area contributed by atoms with E-state index in [0.717, 1.165) is 53.5 Å². The lowest BCUT2D eigenvalue weighted by Gasteiger charge is -2.34. The molecule has 1 aliphatic rings. The highest BCUT2D eigenvalue weighted by atomic mass is 32.2. The van der Waals surface area contributed by atoms with Crippen molar-refractivity contribution in [3.05, 3.63) is 77.4 Å². The molecule has 3 aromatic heterocycles. The number of esters is 1. The highest BCUT2D eigenvalue weighted by Gasteiger charge is 2.39. The van der Waals surface area contributed by atoms with Gasteiger partial charge in [0.2, 0.25) is 5.69 Å². The molecule has 1 N–H and O–H groups in total. The number of carbonyl (C=O) groups is 1. The number of aromatic nitrogens is 3. The average Bonchev–Trinajstić information content (AvgIpc) is 3.58. The molecule has 4 aromatic rings. The number of hydrogen-bond donors (Lipinski definition) is 1. The van der Waals surface area contributed by atoms with Crippen molar-refractivity contribution in [1.29, 1.82) is 0 Å². The van der Waals surface area contributed by atoms with Gasteiger partial charge in [0, 0.05) is 23.2 Å². The summed E-state index contributed by atoms with van der Waals surface area (Å²) in [7, 11) is -4.19. The number of aryl methyl sites for hydroxylation is 1. The molecule has 0 bridgehead atoms. The maximum absolute atomic E-state index is 15.5. The molecule has 43 heavy (non-hydrogen) atoms. The Morgan fingerprint density at radius 3 is 2.56 bits per heavy atom. The number of fused-ring (bicyclic) bond motifs is 1. The molecule has 1 fully saturated rings. The lowest BCUT2D eigenvalue weighted by Crippen LogP contribution is -2.39. The second kappa shape index (κ2) is 11.7. The zero-order valence-corrected chi connectivity index (χ0v) is 24.8. The highest BCUT2D eigenvalue weighted by Crippen LogP contribution is 2.44. The molecule has 0 amide bonds. The Kier molecular flexibility index (Phi) is 8.21. The van der Waals surface area contributed by atoms with Crippen LogP contribution < -0.4 is 5.32 Å². The summed E-state index contributed by atoms with van der Waals surface area (Å²) in [4.78, 5) is 24.4. The molecule has 0 aliphatic heterocycles. The molecule has 9 nitrogen and oxygen atoms in total. The fraction of sp³-hybridized carbons (Fsp3) is 0.355. The van der Waals surface area contributed by atoms with Gasteiger partial charge < -0.3 is 10.1 Å². The van der Waals surface area contributed by atoms with Crippen molar-refractivity contribution >= 4 is 38.5 Å². The van der Waals surface area contributed by atoms with Gasteiger partial charge in [-0.15, -0.1) is 0 Å². The molecule has 1 unspecified atom stereocenters. The van der Waals surface area contributed by atoms with Crippen LogP contribution in [0.15, 0.2) is 53.7 Å². The summed E-state index contributed by atoms with van der Waals surface area (Å²) in [6.45, 7) is 13.5. The first-order valence-corrected chi connectivity index (χ1v) is 15.4. The maximum atomic E-state index is 15.5. The number of anilines is 1. The van der Waals surface area contributed by atoms with Gasteiger partial charge in [-0.2, -0.15) is 0 Å². The number of halogens is 2. The summed E-state index contributed by atoms with van der Waals surface area (Å²) in [5, 5.41) is 3.18. The third-order valence-corrected chi connectivity index (χ3v) is 9.73. The second-order valence-corrected chi connectivity index (χ2v) is 12.9. The molecule has 5 rings (SSSR count). The smallest absolute Gasteiger partial charge is 0.307 e. The van der Waals surface area contributed by atoms with Gasteiger partial charge in [-0.05, 0) is 56.4 Å². The van der Waals surface area contributed by atoms with Gasteiger partial charge in [0.1, 0.15) is 5.82 Å². The lowest BCUT2D eigenvalue weighted by molar-refractivity contribution is -0.144. The van der Waals surface area contributed by atoms with Crippen molar-refractivity contribution in [2.24, 2.45) is 5.41 Å². The lowest BCUT2D eigenvalue weighted by atomic mass is 9.79. The van der Waals surface area contributed by atoms with E-state index in [1.165, 1.54) is 18.3 Å². The number of pyridine rings is 2. The summed E-state index contributed by atoms with van der Waals surface area (Å²) < 4.78 is 63.4. The molecule has 224 valence electrons. The number of nitrogens with one attached hydrogen (secondary N) is 1. The Morgan fingerprint density at radius 1 is 1.21 bits per heavy atom. The summed E-state index contributed by atoms with van der Waals surface area (Å²) in [5.41, 5.74) is 0.272. The zero-order chi connectivity index (χ0) is 30.9. The van der Waals surface area contributed by atoms with Gasteiger partial charge in [0.25, 0.3) is 10.0 Å². The minimum Gasteiger partial charge on any atom is -0.466 e. The fourth-order valence-electron chi connectivity index (χ4n) is 5.67. The van der Waals surface area contributed by atoms with E-state index in [4.69, 9.17) is 11.3 Å². The molecule has 1 aromatic carbocycles. The van der Waals surface area contributed by atoms with E-state index in [1.807, 2.05) is 13.8 Å². The van der Waals surface area contributed by atoms with Gasteiger partial charge in [-0.25, -0.2) is 36.0 Å². The average molecular weight is 608 g/mol. The highest BCUT2D eigenvalue weighted by molar-refractivity contribution is 7.90. The van der Waals surface area contributed by atoms with Crippen LogP contribution in [0.4, 0.5) is 20.3 Å². The maximum Gasteiger partial charge on any atom is 0.307 e. The Morgan fingerprint density at radius 2 is 1.91 bits per heavy atom. The summed E-state index contributed by atoms with van der Waals surface area (Å²) >= 11 is 0. The quantitative estimate of drug-likeness (QED) is 0.165. The number of rotatable bonds is 9. The monoisotopic (exact) mass is 607 g/mol. The fourth-order valence-corrected chi connectivity index (χ4v) is 6.99. The summed E-state index contributed by atoms with van der Waals surface area (Å²) in [6.07, 6.45) is 5.65. The third-order valence-electron chi connectivity index (χ3n) is 8.06. The van der Waals surface area contributed by atoms with Gasteiger partial charge in [0.05, 0.1) is 36.4 Å². The van der Waals surface area contributed by atoms with E-state index in [-0.39, 0.29) is 57.1 Å². The predicted molar refractivity (Wildman–Crippen MR) is 158 cm³/mol. The minimum absolute atomic E-state index is 0.0147. The van der Waals surface area contributed by atoms with Gasteiger partial charge in [-0.3, -0.25) is 4.79 Å². The van der Waals surface area contributed by atoms with Crippen LogP contribution in [0.1, 0.15) is 51.5 Å². The summed E-state index contributed by atoms with van der Waals surface area (Å²) in [5.74, 6) is -2.19. The van der Waals surface area contributed by atoms with Crippen molar-refractivity contribution in [3.8, 4) is 11.3 Å². The van der Waals surface area contributed by atoms with Crippen LogP contribution in [0, 0.1) is 30.5 Å². The molecule has 1 atom stereocenters. The number of ether oxygens (including phenoxy) is 1. The normalized spacial score (nSPS) is 15.3. The predicted octanol–water partition coefficient (Wildman–Crippen LogP) is 6.79. The molecular weight excluding hydrogens is 576 g/mol. The first-order chi connectivity index (χ1) is 20.5. The number of hydrogen-bond acceptors (Lipinski definition) is 7. The van der Waals surface area contributed by atoms with Crippen LogP contribution in [0.25, 0.3) is 27.1 Å². The van der Waals surface area contributed by atoms with Crippen molar-refractivity contribution in [2.75, 3.05) is 11.9 Å². The molecule has 3 heterocycles. The van der Waals surface area contributed by atoms with Gasteiger partial charge in [-0.1, -0.05) is 37.5 Å². The van der Waals surface area contributed by atoms with E-state index >= 15 is 4.39 Å². The number of carbonyl (C=O) groups excluding carboxylic acids is 1. The second-order valence-electron chi connectivity index (χ2n) is 11.0. The van der Waals surface area contributed by atoms with Crippen molar-refractivity contribution in [2.45, 2.75) is 63.8 Å². The molecule has 0 spiro atoms. The molecule has 0 saturated heterocycles. The van der Waals surface area contributed by atoms with Gasteiger partial charge in [0.15, 0.2) is 17.3 Å². The third kappa shape index (κ3) is 5.82. The molecule has 1 aliphatic carbocycles. The Balaban J connectivity index is 1.66. The number of benzene rings is 1. The van der Waals surface area contributed by atoms with Crippen LogP contribution in [-0.2, 0) is 19.6 Å². The van der Waals surface area contributed by atoms with Crippen LogP contribution in [0.3, 0.4) is 0 Å². The summed E-state index contributed by atoms with van der Waals surface area (Å²) in [6, 6.07) is 7.80.